The third kappa shape index (κ3) is 2.66. The minimum Gasteiger partial charge on any atom is -0.469 e. The molecule has 19 heavy (non-hydrogen) atoms. The number of fused-ring (bicyclic) bond motifs is 1. The number of benzene rings is 1. The Morgan fingerprint density at radius 2 is 2.16 bits per heavy atom. The van der Waals surface area contributed by atoms with Crippen LogP contribution in [-0.2, 0) is 21.4 Å². The number of hydrogen-bond acceptors (Lipinski definition) is 3. The number of methoxy groups -OCH3 is 1. The normalized spacial score (nSPS) is 24.2. The van der Waals surface area contributed by atoms with Gasteiger partial charge in [0.1, 0.15) is 0 Å². The molecule has 2 unspecified atom stereocenters. The highest BCUT2D eigenvalue weighted by Gasteiger charge is 2.40. The van der Waals surface area contributed by atoms with Gasteiger partial charge in [-0.3, -0.25) is 4.79 Å². The molecule has 0 amide bonds. The zero-order chi connectivity index (χ0) is 13.9. The van der Waals surface area contributed by atoms with Crippen LogP contribution in [0.3, 0.4) is 0 Å². The van der Waals surface area contributed by atoms with Gasteiger partial charge in [0.05, 0.1) is 13.5 Å². The molecule has 0 radical (unpaired) electrons. The molecule has 0 spiro atoms. The fourth-order valence-corrected chi connectivity index (χ4v) is 3.26. The Morgan fingerprint density at radius 1 is 1.42 bits per heavy atom. The van der Waals surface area contributed by atoms with Crippen molar-refractivity contribution in [1.82, 2.24) is 0 Å². The van der Waals surface area contributed by atoms with Gasteiger partial charge in [-0.15, -0.1) is 0 Å². The largest absolute Gasteiger partial charge is 0.469 e. The standard InChI is InChI=1S/C16H23NO2/c1-12(17)16(11-15(18)19-2)10-6-5-8-13-7-3-4-9-14(13)16/h3-4,7,9,12H,5-6,8,10-11,17H2,1-2H3. The van der Waals surface area contributed by atoms with Gasteiger partial charge in [-0.25, -0.2) is 0 Å². The molecule has 3 nitrogen and oxygen atoms in total. The molecule has 1 aliphatic carbocycles. The van der Waals surface area contributed by atoms with E-state index in [1.165, 1.54) is 18.2 Å². The lowest BCUT2D eigenvalue weighted by atomic mass is 9.69. The van der Waals surface area contributed by atoms with Gasteiger partial charge < -0.3 is 10.5 Å². The van der Waals surface area contributed by atoms with E-state index in [9.17, 15) is 4.79 Å². The summed E-state index contributed by atoms with van der Waals surface area (Å²) in [6.07, 6.45) is 4.67. The molecule has 1 aromatic rings. The van der Waals surface area contributed by atoms with E-state index in [4.69, 9.17) is 10.5 Å². The summed E-state index contributed by atoms with van der Waals surface area (Å²) in [5, 5.41) is 0. The highest BCUT2D eigenvalue weighted by atomic mass is 16.5. The van der Waals surface area contributed by atoms with E-state index in [1.54, 1.807) is 0 Å². The van der Waals surface area contributed by atoms with E-state index >= 15 is 0 Å². The van der Waals surface area contributed by atoms with Crippen LogP contribution in [0, 0.1) is 0 Å². The van der Waals surface area contributed by atoms with E-state index in [0.29, 0.717) is 6.42 Å². The number of aryl methyl sites for hydroxylation is 1. The number of carbonyl (C=O) groups excluding carboxylic acids is 1. The molecule has 0 saturated carbocycles. The fourth-order valence-electron chi connectivity index (χ4n) is 3.26. The van der Waals surface area contributed by atoms with Crippen molar-refractivity contribution in [2.45, 2.75) is 50.5 Å². The van der Waals surface area contributed by atoms with Crippen molar-refractivity contribution in [3.63, 3.8) is 0 Å². The average molecular weight is 261 g/mol. The molecule has 0 fully saturated rings. The SMILES string of the molecule is COC(=O)CC1(C(C)N)CCCCc2ccccc21. The lowest BCUT2D eigenvalue weighted by Gasteiger charge is -2.37. The van der Waals surface area contributed by atoms with Crippen molar-refractivity contribution >= 4 is 5.97 Å². The lowest BCUT2D eigenvalue weighted by Crippen LogP contribution is -2.45. The number of ether oxygens (including phenoxy) is 1. The molecule has 0 bridgehead atoms. The van der Waals surface area contributed by atoms with Crippen molar-refractivity contribution < 1.29 is 9.53 Å². The minimum atomic E-state index is -0.278. The van der Waals surface area contributed by atoms with E-state index < -0.39 is 0 Å². The first-order valence-electron chi connectivity index (χ1n) is 7.01. The second-order valence-electron chi connectivity index (χ2n) is 5.56. The molecule has 2 atom stereocenters. The van der Waals surface area contributed by atoms with Crippen LogP contribution in [0.25, 0.3) is 0 Å². The summed E-state index contributed by atoms with van der Waals surface area (Å²) in [4.78, 5) is 11.8. The lowest BCUT2D eigenvalue weighted by molar-refractivity contribution is -0.142. The number of nitrogens with two attached hydrogens (primary N) is 1. The van der Waals surface area contributed by atoms with Crippen LogP contribution in [0.1, 0.15) is 43.7 Å². The minimum absolute atomic E-state index is 0.0640. The van der Waals surface area contributed by atoms with Crippen LogP contribution in [0.15, 0.2) is 24.3 Å². The smallest absolute Gasteiger partial charge is 0.306 e. The van der Waals surface area contributed by atoms with Crippen LogP contribution in [0.4, 0.5) is 0 Å². The summed E-state index contributed by atoms with van der Waals surface area (Å²) in [5.74, 6) is -0.172. The van der Waals surface area contributed by atoms with Gasteiger partial charge in [0.15, 0.2) is 0 Å². The highest BCUT2D eigenvalue weighted by molar-refractivity contribution is 5.72. The Labute approximate surface area is 115 Å². The maximum atomic E-state index is 11.8. The van der Waals surface area contributed by atoms with E-state index in [0.717, 1.165) is 25.7 Å². The van der Waals surface area contributed by atoms with Gasteiger partial charge in [-0.1, -0.05) is 30.7 Å². The monoisotopic (exact) mass is 261 g/mol. The molecular formula is C16H23NO2. The highest BCUT2D eigenvalue weighted by Crippen LogP contribution is 2.41. The third-order valence-electron chi connectivity index (χ3n) is 4.43. The number of esters is 1. The van der Waals surface area contributed by atoms with E-state index in [1.807, 2.05) is 13.0 Å². The predicted octanol–water partition coefficient (Wildman–Crippen LogP) is 2.56. The van der Waals surface area contributed by atoms with Crippen LogP contribution >= 0.6 is 0 Å². The zero-order valence-electron chi connectivity index (χ0n) is 11.8. The fraction of sp³-hybridized carbons (Fsp3) is 0.562. The zero-order valence-corrected chi connectivity index (χ0v) is 11.8. The molecule has 104 valence electrons. The Morgan fingerprint density at radius 3 is 2.84 bits per heavy atom. The van der Waals surface area contributed by atoms with Gasteiger partial charge in [0.2, 0.25) is 0 Å². The van der Waals surface area contributed by atoms with Crippen molar-refractivity contribution in [1.29, 1.82) is 0 Å². The number of hydrogen-bond donors (Lipinski definition) is 1. The number of rotatable bonds is 3. The predicted molar refractivity (Wildman–Crippen MR) is 76.0 cm³/mol. The van der Waals surface area contributed by atoms with Gasteiger partial charge in [0, 0.05) is 11.5 Å². The van der Waals surface area contributed by atoms with Crippen molar-refractivity contribution in [3.8, 4) is 0 Å². The van der Waals surface area contributed by atoms with Crippen molar-refractivity contribution in [2.75, 3.05) is 7.11 Å². The first kappa shape index (κ1) is 14.1. The summed E-state index contributed by atoms with van der Waals surface area (Å²) < 4.78 is 4.89. The second kappa shape index (κ2) is 5.74. The molecule has 0 saturated heterocycles. The maximum Gasteiger partial charge on any atom is 0.306 e. The molecule has 3 heteroatoms. The summed E-state index contributed by atoms with van der Waals surface area (Å²) in [5.41, 5.74) is 8.58. The Kier molecular flexibility index (Phi) is 4.25. The summed E-state index contributed by atoms with van der Waals surface area (Å²) >= 11 is 0. The molecule has 1 aromatic carbocycles. The molecule has 0 aliphatic heterocycles. The van der Waals surface area contributed by atoms with E-state index in [2.05, 4.69) is 18.2 Å². The van der Waals surface area contributed by atoms with Crippen LogP contribution in [0.2, 0.25) is 0 Å². The second-order valence-corrected chi connectivity index (χ2v) is 5.56. The number of carbonyl (C=O) groups is 1. The van der Waals surface area contributed by atoms with Gasteiger partial charge in [-0.05, 0) is 37.3 Å². The van der Waals surface area contributed by atoms with Crippen molar-refractivity contribution in [2.24, 2.45) is 5.73 Å². The van der Waals surface area contributed by atoms with Crippen LogP contribution in [0.5, 0.6) is 0 Å². The quantitative estimate of drug-likeness (QED) is 0.672. The van der Waals surface area contributed by atoms with Crippen LogP contribution in [-0.4, -0.2) is 19.1 Å². The molecule has 2 N–H and O–H groups in total. The molecule has 0 heterocycles. The Hall–Kier alpha value is -1.35. The van der Waals surface area contributed by atoms with Crippen LogP contribution < -0.4 is 5.73 Å². The first-order chi connectivity index (χ1) is 9.10. The molecule has 0 aromatic heterocycles. The molecule has 2 rings (SSSR count). The average Bonchev–Trinajstić information content (AvgIpc) is 2.60. The molecular weight excluding hydrogens is 238 g/mol. The summed E-state index contributed by atoms with van der Waals surface area (Å²) in [6, 6.07) is 8.33. The molecule has 1 aliphatic rings. The van der Waals surface area contributed by atoms with E-state index in [-0.39, 0.29) is 17.4 Å². The van der Waals surface area contributed by atoms with Gasteiger partial charge >= 0.3 is 5.97 Å². The van der Waals surface area contributed by atoms with Gasteiger partial charge in [-0.2, -0.15) is 0 Å². The Balaban J connectivity index is 2.49. The van der Waals surface area contributed by atoms with Gasteiger partial charge in [0.25, 0.3) is 0 Å². The first-order valence-corrected chi connectivity index (χ1v) is 7.01. The summed E-state index contributed by atoms with van der Waals surface area (Å²) in [6.45, 7) is 2.00. The maximum absolute atomic E-state index is 11.8. The summed E-state index contributed by atoms with van der Waals surface area (Å²) in [7, 11) is 1.44. The third-order valence-corrected chi connectivity index (χ3v) is 4.43. The van der Waals surface area contributed by atoms with Crippen molar-refractivity contribution in [3.05, 3.63) is 35.4 Å². The topological polar surface area (TPSA) is 52.3 Å². The Bertz CT molecular complexity index is 456.